The molecule has 2 aromatic carbocycles. The van der Waals surface area contributed by atoms with E-state index in [1.54, 1.807) is 62.4 Å². The highest BCUT2D eigenvalue weighted by Crippen LogP contribution is 2.15. The summed E-state index contributed by atoms with van der Waals surface area (Å²) in [6, 6.07) is 13.2. The minimum atomic E-state index is -0.427. The molecular formula is C21H26N10O2. The SMILES string of the molecule is CC(N)=N/N=C(/C)C(=O)Nc1ccc(NC(=O)Nc2ccc(/C(C)=N/N=C(N)N)cc2)cc1. The monoisotopic (exact) mass is 450 g/mol. The molecule has 0 aliphatic carbocycles. The summed E-state index contributed by atoms with van der Waals surface area (Å²) in [6.45, 7) is 4.85. The van der Waals surface area contributed by atoms with Crippen molar-refractivity contribution in [2.24, 2.45) is 37.6 Å². The molecule has 0 heterocycles. The standard InChI is InChI=1S/C21H26N10O2/c1-12(28-31-20(23)24)15-4-6-17(7-5-15)26-21(33)27-18-10-8-16(9-11-18)25-19(32)13(2)29-30-14(3)22/h4-11H,1-3H3,(H2,22,30)(H,25,32)(H4,23,24,31)(H2,26,27,33)/b28-12+,29-13-. The number of guanidine groups is 1. The van der Waals surface area contributed by atoms with Crippen LogP contribution in [-0.2, 0) is 4.79 Å². The summed E-state index contributed by atoms with van der Waals surface area (Å²) in [7, 11) is 0. The molecule has 3 amide bonds. The van der Waals surface area contributed by atoms with E-state index >= 15 is 0 Å². The van der Waals surface area contributed by atoms with E-state index in [1.807, 2.05) is 0 Å². The van der Waals surface area contributed by atoms with Gasteiger partial charge in [0.15, 0.2) is 0 Å². The molecular weight excluding hydrogens is 424 g/mol. The lowest BCUT2D eigenvalue weighted by molar-refractivity contribution is -0.110. The Bertz CT molecular complexity index is 1110. The molecule has 0 atom stereocenters. The third-order valence-corrected chi connectivity index (χ3v) is 3.96. The largest absolute Gasteiger partial charge is 0.386 e. The molecule has 0 aliphatic heterocycles. The first-order valence-electron chi connectivity index (χ1n) is 9.71. The highest BCUT2D eigenvalue weighted by atomic mass is 16.2. The van der Waals surface area contributed by atoms with Gasteiger partial charge in [0.2, 0.25) is 5.96 Å². The van der Waals surface area contributed by atoms with E-state index in [9.17, 15) is 9.59 Å². The van der Waals surface area contributed by atoms with Crippen molar-refractivity contribution >= 4 is 52.2 Å². The fourth-order valence-electron chi connectivity index (χ4n) is 2.34. The zero-order valence-corrected chi connectivity index (χ0v) is 18.5. The summed E-state index contributed by atoms with van der Waals surface area (Å²) in [6.07, 6.45) is 0. The maximum atomic E-state index is 12.3. The Morgan fingerprint density at radius 3 is 1.64 bits per heavy atom. The van der Waals surface area contributed by atoms with E-state index in [1.165, 1.54) is 6.92 Å². The summed E-state index contributed by atoms with van der Waals surface area (Å²) in [4.78, 5) is 24.3. The molecule has 0 aromatic heterocycles. The number of rotatable bonds is 7. The van der Waals surface area contributed by atoms with Crippen molar-refractivity contribution in [1.29, 1.82) is 0 Å². The summed E-state index contributed by atoms with van der Waals surface area (Å²) in [5, 5.41) is 23.0. The van der Waals surface area contributed by atoms with Crippen LogP contribution in [0, 0.1) is 0 Å². The van der Waals surface area contributed by atoms with Crippen molar-refractivity contribution in [3.05, 3.63) is 54.1 Å². The predicted octanol–water partition coefficient (Wildman–Crippen LogP) is 2.02. The lowest BCUT2D eigenvalue weighted by Gasteiger charge is -2.09. The third kappa shape index (κ3) is 8.49. The average molecular weight is 451 g/mol. The molecule has 12 nitrogen and oxygen atoms in total. The minimum absolute atomic E-state index is 0.129. The van der Waals surface area contributed by atoms with Gasteiger partial charge in [0, 0.05) is 17.1 Å². The van der Waals surface area contributed by atoms with Gasteiger partial charge >= 0.3 is 6.03 Å². The normalized spacial score (nSPS) is 12.0. The van der Waals surface area contributed by atoms with E-state index in [2.05, 4.69) is 36.4 Å². The number of carbonyl (C=O) groups is 2. The van der Waals surface area contributed by atoms with Crippen LogP contribution in [0.25, 0.3) is 0 Å². The molecule has 12 heteroatoms. The van der Waals surface area contributed by atoms with Gasteiger partial charge in [0.25, 0.3) is 5.91 Å². The van der Waals surface area contributed by atoms with Crippen molar-refractivity contribution in [3.8, 4) is 0 Å². The Balaban J connectivity index is 1.92. The molecule has 0 radical (unpaired) electrons. The summed E-state index contributed by atoms with van der Waals surface area (Å²) in [5.41, 5.74) is 19.1. The van der Waals surface area contributed by atoms with Crippen molar-refractivity contribution in [3.63, 3.8) is 0 Å². The Kier molecular flexibility index (Phi) is 8.62. The number of nitrogens with one attached hydrogen (secondary N) is 3. The molecule has 0 unspecified atom stereocenters. The molecule has 2 rings (SSSR count). The van der Waals surface area contributed by atoms with Gasteiger partial charge < -0.3 is 33.2 Å². The number of benzene rings is 2. The van der Waals surface area contributed by atoms with E-state index in [0.29, 0.717) is 22.8 Å². The quantitative estimate of drug-likeness (QED) is 0.213. The van der Waals surface area contributed by atoms with Crippen molar-refractivity contribution < 1.29 is 9.59 Å². The van der Waals surface area contributed by atoms with Gasteiger partial charge in [-0.1, -0.05) is 12.1 Å². The summed E-state index contributed by atoms with van der Waals surface area (Å²) >= 11 is 0. The van der Waals surface area contributed by atoms with E-state index in [0.717, 1.165) is 5.56 Å². The number of carbonyl (C=O) groups excluding carboxylic acids is 2. The first kappa shape index (κ1) is 24.5. The highest BCUT2D eigenvalue weighted by molar-refractivity contribution is 6.42. The molecule has 0 saturated carbocycles. The molecule has 0 fully saturated rings. The number of nitrogens with zero attached hydrogens (tertiary/aromatic N) is 4. The van der Waals surface area contributed by atoms with Crippen LogP contribution in [-0.4, -0.2) is 35.2 Å². The fraction of sp³-hybridized carbons (Fsp3) is 0.143. The second-order valence-corrected chi connectivity index (χ2v) is 6.83. The molecule has 33 heavy (non-hydrogen) atoms. The Morgan fingerprint density at radius 1 is 0.667 bits per heavy atom. The minimum Gasteiger partial charge on any atom is -0.386 e. The maximum Gasteiger partial charge on any atom is 0.323 e. The lowest BCUT2D eigenvalue weighted by Crippen LogP contribution is -2.22. The number of amides is 3. The average Bonchev–Trinajstić information content (AvgIpc) is 2.77. The van der Waals surface area contributed by atoms with Crippen LogP contribution in [0.3, 0.4) is 0 Å². The number of hydrogen-bond donors (Lipinski definition) is 6. The third-order valence-electron chi connectivity index (χ3n) is 3.96. The first-order chi connectivity index (χ1) is 15.6. The molecule has 172 valence electrons. The van der Waals surface area contributed by atoms with Crippen molar-refractivity contribution in [2.75, 3.05) is 16.0 Å². The number of amidine groups is 1. The van der Waals surface area contributed by atoms with E-state index in [-0.39, 0.29) is 17.5 Å². The zero-order chi connectivity index (χ0) is 24.4. The highest BCUT2D eigenvalue weighted by Gasteiger charge is 2.08. The van der Waals surface area contributed by atoms with Crippen LogP contribution in [0.4, 0.5) is 21.9 Å². The van der Waals surface area contributed by atoms with Crippen LogP contribution in [0.1, 0.15) is 26.3 Å². The van der Waals surface area contributed by atoms with Gasteiger partial charge in [-0.15, -0.1) is 15.3 Å². The van der Waals surface area contributed by atoms with Crippen LogP contribution >= 0.6 is 0 Å². The van der Waals surface area contributed by atoms with Gasteiger partial charge in [-0.2, -0.15) is 5.10 Å². The molecule has 0 aliphatic rings. The molecule has 0 bridgehead atoms. The summed E-state index contributed by atoms with van der Waals surface area (Å²) in [5.74, 6) is -0.296. The molecule has 0 saturated heterocycles. The van der Waals surface area contributed by atoms with Gasteiger partial charge in [-0.05, 0) is 62.7 Å². The smallest absolute Gasteiger partial charge is 0.323 e. The molecule has 0 spiro atoms. The van der Waals surface area contributed by atoms with Crippen LogP contribution in [0.5, 0.6) is 0 Å². The maximum absolute atomic E-state index is 12.3. The second kappa shape index (κ2) is 11.6. The number of anilines is 3. The number of hydrogen-bond acceptors (Lipinski definition) is 6. The van der Waals surface area contributed by atoms with E-state index in [4.69, 9.17) is 17.2 Å². The molecule has 2 aromatic rings. The fourth-order valence-corrected chi connectivity index (χ4v) is 2.34. The van der Waals surface area contributed by atoms with Crippen molar-refractivity contribution in [2.45, 2.75) is 20.8 Å². The van der Waals surface area contributed by atoms with Gasteiger partial charge in [0.1, 0.15) is 11.5 Å². The van der Waals surface area contributed by atoms with Gasteiger partial charge in [-0.25, -0.2) is 4.79 Å². The lowest BCUT2D eigenvalue weighted by atomic mass is 10.1. The topological polar surface area (TPSA) is 198 Å². The predicted molar refractivity (Wildman–Crippen MR) is 133 cm³/mol. The molecule has 9 N–H and O–H groups in total. The number of urea groups is 1. The Labute approximate surface area is 190 Å². The summed E-state index contributed by atoms with van der Waals surface area (Å²) < 4.78 is 0. The Morgan fingerprint density at radius 2 is 1.15 bits per heavy atom. The number of nitrogens with two attached hydrogens (primary N) is 3. The van der Waals surface area contributed by atoms with Gasteiger partial charge in [0.05, 0.1) is 5.71 Å². The first-order valence-corrected chi connectivity index (χ1v) is 9.71. The second-order valence-electron chi connectivity index (χ2n) is 6.83. The van der Waals surface area contributed by atoms with E-state index < -0.39 is 11.9 Å². The van der Waals surface area contributed by atoms with Crippen LogP contribution in [0.2, 0.25) is 0 Å². The zero-order valence-electron chi connectivity index (χ0n) is 18.5. The van der Waals surface area contributed by atoms with Crippen LogP contribution < -0.4 is 33.2 Å². The van der Waals surface area contributed by atoms with Crippen LogP contribution in [0.15, 0.2) is 68.9 Å². The van der Waals surface area contributed by atoms with Gasteiger partial charge in [-0.3, -0.25) is 4.79 Å². The van der Waals surface area contributed by atoms with Crippen molar-refractivity contribution in [1.82, 2.24) is 0 Å². The Hall–Kier alpha value is -4.74.